The van der Waals surface area contributed by atoms with E-state index in [4.69, 9.17) is 21.1 Å². The molecule has 0 aromatic heterocycles. The minimum absolute atomic E-state index is 0.205. The lowest BCUT2D eigenvalue weighted by Crippen LogP contribution is -2.29. The fourth-order valence-corrected chi connectivity index (χ4v) is 3.54. The number of carboxylic acids is 1. The van der Waals surface area contributed by atoms with Crippen LogP contribution in [0.25, 0.3) is 6.08 Å². The van der Waals surface area contributed by atoms with Crippen molar-refractivity contribution in [3.63, 3.8) is 0 Å². The number of hydrogen-bond acceptors (Lipinski definition) is 7. The van der Waals surface area contributed by atoms with Gasteiger partial charge in [-0.2, -0.15) is 0 Å². The number of methoxy groups -OCH3 is 1. The van der Waals surface area contributed by atoms with E-state index in [1.54, 1.807) is 42.5 Å². The number of aliphatic imine (C=N–C) groups is 1. The van der Waals surface area contributed by atoms with E-state index < -0.39 is 12.6 Å². The van der Waals surface area contributed by atoms with E-state index >= 15 is 0 Å². The molecule has 1 fully saturated rings. The van der Waals surface area contributed by atoms with E-state index in [9.17, 15) is 14.7 Å². The molecular formula is C20H16ClN2O5S-. The predicted octanol–water partition coefficient (Wildman–Crippen LogP) is 2.68. The van der Waals surface area contributed by atoms with E-state index in [1.165, 1.54) is 7.11 Å². The van der Waals surface area contributed by atoms with Crippen LogP contribution in [0.5, 0.6) is 11.5 Å². The maximum absolute atomic E-state index is 12.4. The van der Waals surface area contributed by atoms with E-state index in [0.717, 1.165) is 17.3 Å². The number of amides is 1. The Kier molecular flexibility index (Phi) is 6.46. The minimum atomic E-state index is -1.37. The first-order valence-electron chi connectivity index (χ1n) is 8.43. The van der Waals surface area contributed by atoms with Crippen LogP contribution in [0.2, 0.25) is 5.02 Å². The summed E-state index contributed by atoms with van der Waals surface area (Å²) >= 11 is 7.27. The van der Waals surface area contributed by atoms with Gasteiger partial charge in [0.15, 0.2) is 16.7 Å². The Morgan fingerprint density at radius 2 is 2.07 bits per heavy atom. The van der Waals surface area contributed by atoms with Crippen molar-refractivity contribution < 1.29 is 24.2 Å². The maximum Gasteiger partial charge on any atom is 0.264 e. The SMILES string of the molecule is COc1cccc(/C=C2\SC(=Nc3cccc(Cl)c3C)NC2=O)c1OCC(=O)[O-]. The first-order valence-corrected chi connectivity index (χ1v) is 9.63. The van der Waals surface area contributed by atoms with Crippen molar-refractivity contribution >= 4 is 52.2 Å². The minimum Gasteiger partial charge on any atom is -0.546 e. The number of aliphatic carboxylic acids is 1. The lowest BCUT2D eigenvalue weighted by atomic mass is 10.1. The van der Waals surface area contributed by atoms with Crippen molar-refractivity contribution in [2.45, 2.75) is 6.92 Å². The van der Waals surface area contributed by atoms with Crippen LogP contribution in [0.3, 0.4) is 0 Å². The van der Waals surface area contributed by atoms with Gasteiger partial charge in [-0.15, -0.1) is 0 Å². The summed E-state index contributed by atoms with van der Waals surface area (Å²) in [7, 11) is 1.44. The summed E-state index contributed by atoms with van der Waals surface area (Å²) in [5.41, 5.74) is 1.95. The molecular weight excluding hydrogens is 416 g/mol. The highest BCUT2D eigenvalue weighted by Crippen LogP contribution is 2.36. The number of carbonyl (C=O) groups excluding carboxylic acids is 2. The molecule has 1 aliphatic rings. The van der Waals surface area contributed by atoms with Gasteiger partial charge >= 0.3 is 0 Å². The second-order valence-electron chi connectivity index (χ2n) is 5.90. The quantitative estimate of drug-likeness (QED) is 0.706. The average Bonchev–Trinajstić information content (AvgIpc) is 3.03. The summed E-state index contributed by atoms with van der Waals surface area (Å²) in [6.07, 6.45) is 1.58. The molecule has 1 amide bonds. The topological polar surface area (TPSA) is 100 Å². The van der Waals surface area contributed by atoms with Crippen LogP contribution in [0, 0.1) is 6.92 Å². The molecule has 9 heteroatoms. The van der Waals surface area contributed by atoms with E-state index in [0.29, 0.717) is 32.1 Å². The van der Waals surface area contributed by atoms with Gasteiger partial charge in [0.05, 0.1) is 23.7 Å². The molecule has 7 nitrogen and oxygen atoms in total. The fourth-order valence-electron chi connectivity index (χ4n) is 2.54. The number of nitrogens with one attached hydrogen (secondary N) is 1. The van der Waals surface area contributed by atoms with Crippen molar-refractivity contribution in [1.82, 2.24) is 5.32 Å². The summed E-state index contributed by atoms with van der Waals surface area (Å²) in [5.74, 6) is -1.15. The summed E-state index contributed by atoms with van der Waals surface area (Å²) in [6.45, 7) is 1.20. The van der Waals surface area contributed by atoms with Gasteiger partial charge in [-0.3, -0.25) is 4.79 Å². The fraction of sp³-hybridized carbons (Fsp3) is 0.150. The monoisotopic (exact) mass is 431 g/mol. The van der Waals surface area contributed by atoms with E-state index in [-0.39, 0.29) is 11.7 Å². The van der Waals surface area contributed by atoms with Crippen molar-refractivity contribution in [2.75, 3.05) is 13.7 Å². The van der Waals surface area contributed by atoms with Crippen LogP contribution in [0.1, 0.15) is 11.1 Å². The number of para-hydroxylation sites is 1. The molecule has 0 radical (unpaired) electrons. The molecule has 0 aliphatic carbocycles. The van der Waals surface area contributed by atoms with Crippen molar-refractivity contribution in [3.05, 3.63) is 57.5 Å². The number of carboxylic acid groups (broad SMARTS) is 1. The van der Waals surface area contributed by atoms with Gasteiger partial charge in [0.2, 0.25) is 0 Å². The largest absolute Gasteiger partial charge is 0.546 e. The molecule has 3 rings (SSSR count). The Hall–Kier alpha value is -2.97. The number of carbonyl (C=O) groups is 2. The normalized spacial score (nSPS) is 16.2. The third-order valence-corrected chi connectivity index (χ3v) is 5.28. The van der Waals surface area contributed by atoms with Gasteiger partial charge in [-0.25, -0.2) is 4.99 Å². The molecule has 1 aliphatic heterocycles. The van der Waals surface area contributed by atoms with Gasteiger partial charge < -0.3 is 24.7 Å². The number of thioether (sulfide) groups is 1. The zero-order valence-electron chi connectivity index (χ0n) is 15.5. The molecule has 0 saturated carbocycles. The molecule has 1 heterocycles. The van der Waals surface area contributed by atoms with Crippen molar-refractivity contribution in [1.29, 1.82) is 0 Å². The third kappa shape index (κ3) is 4.90. The molecule has 150 valence electrons. The lowest BCUT2D eigenvalue weighted by molar-refractivity contribution is -0.307. The van der Waals surface area contributed by atoms with Gasteiger partial charge in [0.1, 0.15) is 6.61 Å². The van der Waals surface area contributed by atoms with Crippen LogP contribution in [-0.2, 0) is 9.59 Å². The zero-order valence-corrected chi connectivity index (χ0v) is 17.1. The predicted molar refractivity (Wildman–Crippen MR) is 110 cm³/mol. The Labute approximate surface area is 176 Å². The van der Waals surface area contributed by atoms with Gasteiger partial charge in [-0.05, 0) is 48.5 Å². The van der Waals surface area contributed by atoms with Crippen LogP contribution in [0.15, 0.2) is 46.3 Å². The second-order valence-corrected chi connectivity index (χ2v) is 7.34. The molecule has 1 N–H and O–H groups in total. The molecule has 2 aromatic carbocycles. The second kappa shape index (κ2) is 9.02. The standard InChI is InChI=1S/C20H17ClN2O5S/c1-11-13(21)6-4-7-14(11)22-20-23-19(26)16(29-20)9-12-5-3-8-15(27-2)18(12)28-10-17(24)25/h3-9H,10H2,1-2H3,(H,24,25)(H,22,23,26)/p-1/b16-9-. The van der Waals surface area contributed by atoms with Gasteiger partial charge in [-0.1, -0.05) is 29.8 Å². The first kappa shape index (κ1) is 20.8. The first-order chi connectivity index (χ1) is 13.9. The Morgan fingerprint density at radius 1 is 1.31 bits per heavy atom. The van der Waals surface area contributed by atoms with Crippen LogP contribution >= 0.6 is 23.4 Å². The maximum atomic E-state index is 12.4. The van der Waals surface area contributed by atoms with Crippen LogP contribution in [0.4, 0.5) is 5.69 Å². The number of hydrogen-bond donors (Lipinski definition) is 1. The smallest absolute Gasteiger partial charge is 0.264 e. The number of ether oxygens (including phenoxy) is 2. The third-order valence-electron chi connectivity index (χ3n) is 3.96. The number of halogens is 1. The van der Waals surface area contributed by atoms with Crippen LogP contribution in [-0.4, -0.2) is 30.8 Å². The summed E-state index contributed by atoms with van der Waals surface area (Å²) in [6, 6.07) is 10.4. The number of amidine groups is 1. The van der Waals surface area contributed by atoms with E-state index in [1.807, 2.05) is 6.92 Å². The van der Waals surface area contributed by atoms with E-state index in [2.05, 4.69) is 10.3 Å². The van der Waals surface area contributed by atoms with Crippen LogP contribution < -0.4 is 19.9 Å². The molecule has 0 spiro atoms. The van der Waals surface area contributed by atoms with Gasteiger partial charge in [0, 0.05) is 10.6 Å². The van der Waals surface area contributed by atoms with Crippen molar-refractivity contribution in [3.8, 4) is 11.5 Å². The number of rotatable bonds is 6. The Bertz CT molecular complexity index is 1040. The molecule has 29 heavy (non-hydrogen) atoms. The Morgan fingerprint density at radius 3 is 2.79 bits per heavy atom. The van der Waals surface area contributed by atoms with Crippen molar-refractivity contribution in [2.24, 2.45) is 4.99 Å². The lowest BCUT2D eigenvalue weighted by Gasteiger charge is -2.13. The molecule has 0 unspecified atom stereocenters. The summed E-state index contributed by atoms with van der Waals surface area (Å²) in [5, 5.41) is 14.5. The summed E-state index contributed by atoms with van der Waals surface area (Å²) < 4.78 is 10.5. The number of nitrogens with zero attached hydrogens (tertiary/aromatic N) is 1. The molecule has 1 saturated heterocycles. The average molecular weight is 432 g/mol. The zero-order chi connectivity index (χ0) is 21.0. The number of benzene rings is 2. The Balaban J connectivity index is 1.91. The highest BCUT2D eigenvalue weighted by atomic mass is 35.5. The molecule has 0 atom stereocenters. The molecule has 0 bridgehead atoms. The van der Waals surface area contributed by atoms with Gasteiger partial charge in [0.25, 0.3) is 5.91 Å². The summed E-state index contributed by atoms with van der Waals surface area (Å²) in [4.78, 5) is 28.0. The molecule has 2 aromatic rings. The highest BCUT2D eigenvalue weighted by molar-refractivity contribution is 8.18. The highest BCUT2D eigenvalue weighted by Gasteiger charge is 2.25.